The number of hydrogen-bond acceptors (Lipinski definition) is 3. The number of carbonyl (C=O) groups is 1. The molecule has 2 unspecified atom stereocenters. The number of aromatic nitrogens is 2. The second-order valence-corrected chi connectivity index (χ2v) is 6.74. The minimum absolute atomic E-state index is 0.141. The standard InChI is InChI=1S/C16H16ClF3N2O4/c1-8(2)15(13(24)25)7-9(4-5-10(15)17)22-12(23)6-11(16(18,19)20)21(3)14(22)26/h4-8,10H,1-3H3,(H,24,25). The Morgan fingerprint density at radius 3 is 2.38 bits per heavy atom. The summed E-state index contributed by atoms with van der Waals surface area (Å²) in [5, 5.41) is 8.70. The molecule has 0 spiro atoms. The molecule has 2 rings (SSSR count). The Balaban J connectivity index is 2.79. The summed E-state index contributed by atoms with van der Waals surface area (Å²) in [5.74, 6) is -1.79. The van der Waals surface area contributed by atoms with E-state index in [1.165, 1.54) is 12.2 Å². The first kappa shape index (κ1) is 20.0. The summed E-state index contributed by atoms with van der Waals surface area (Å²) >= 11 is 6.15. The van der Waals surface area contributed by atoms with Gasteiger partial charge < -0.3 is 5.11 Å². The molecule has 1 aromatic rings. The lowest BCUT2D eigenvalue weighted by Gasteiger charge is -2.36. The minimum Gasteiger partial charge on any atom is -0.481 e. The van der Waals surface area contributed by atoms with Crippen LogP contribution in [0.4, 0.5) is 13.2 Å². The van der Waals surface area contributed by atoms with E-state index in [0.717, 1.165) is 13.1 Å². The highest BCUT2D eigenvalue weighted by Crippen LogP contribution is 2.42. The van der Waals surface area contributed by atoms with E-state index < -0.39 is 45.8 Å². The average molecular weight is 393 g/mol. The van der Waals surface area contributed by atoms with Crippen molar-refractivity contribution in [1.82, 2.24) is 9.13 Å². The first-order chi connectivity index (χ1) is 11.8. The Hall–Kier alpha value is -2.29. The van der Waals surface area contributed by atoms with Gasteiger partial charge in [0.2, 0.25) is 0 Å². The van der Waals surface area contributed by atoms with E-state index in [1.54, 1.807) is 13.8 Å². The third kappa shape index (κ3) is 3.00. The molecule has 1 aliphatic carbocycles. The monoisotopic (exact) mass is 392 g/mol. The largest absolute Gasteiger partial charge is 0.481 e. The Bertz CT molecular complexity index is 927. The molecule has 6 nitrogen and oxygen atoms in total. The second-order valence-electron chi connectivity index (χ2n) is 6.27. The average Bonchev–Trinajstić information content (AvgIpc) is 2.50. The van der Waals surface area contributed by atoms with Crippen LogP contribution in [0.25, 0.3) is 5.70 Å². The highest BCUT2D eigenvalue weighted by atomic mass is 35.5. The number of rotatable bonds is 3. The lowest BCUT2D eigenvalue weighted by Crippen LogP contribution is -2.46. The van der Waals surface area contributed by atoms with Crippen LogP contribution in [0.15, 0.2) is 33.9 Å². The molecular formula is C16H16ClF3N2O4. The van der Waals surface area contributed by atoms with Crippen molar-refractivity contribution in [2.45, 2.75) is 25.4 Å². The maximum atomic E-state index is 12.9. The lowest BCUT2D eigenvalue weighted by atomic mass is 9.71. The summed E-state index contributed by atoms with van der Waals surface area (Å²) in [6.07, 6.45) is -1.19. The molecule has 0 aliphatic heterocycles. The molecule has 1 aliphatic rings. The molecule has 142 valence electrons. The zero-order chi connectivity index (χ0) is 20.0. The van der Waals surface area contributed by atoms with Crippen molar-refractivity contribution in [1.29, 1.82) is 0 Å². The van der Waals surface area contributed by atoms with Gasteiger partial charge >= 0.3 is 17.8 Å². The fraction of sp³-hybridized carbons (Fsp3) is 0.438. The second kappa shape index (κ2) is 6.46. The summed E-state index contributed by atoms with van der Waals surface area (Å²) in [6, 6.07) is 0.292. The smallest absolute Gasteiger partial charge is 0.431 e. The number of hydrogen-bond donors (Lipinski definition) is 1. The molecule has 1 aromatic heterocycles. The summed E-state index contributed by atoms with van der Waals surface area (Å²) in [4.78, 5) is 36.4. The van der Waals surface area contributed by atoms with Crippen molar-refractivity contribution in [3.8, 4) is 0 Å². The van der Waals surface area contributed by atoms with Crippen molar-refractivity contribution >= 4 is 23.3 Å². The summed E-state index contributed by atoms with van der Waals surface area (Å²) in [5.41, 5.74) is -5.62. The maximum absolute atomic E-state index is 12.9. The zero-order valence-electron chi connectivity index (χ0n) is 14.0. The molecule has 0 amide bonds. The van der Waals surface area contributed by atoms with Gasteiger partial charge in [0.1, 0.15) is 11.1 Å². The van der Waals surface area contributed by atoms with Gasteiger partial charge in [-0.2, -0.15) is 13.2 Å². The molecule has 26 heavy (non-hydrogen) atoms. The molecular weight excluding hydrogens is 377 g/mol. The van der Waals surface area contributed by atoms with Crippen LogP contribution in [0.1, 0.15) is 19.5 Å². The quantitative estimate of drug-likeness (QED) is 0.800. The molecule has 0 bridgehead atoms. The Morgan fingerprint density at radius 1 is 1.35 bits per heavy atom. The predicted octanol–water partition coefficient (Wildman–Crippen LogP) is 2.31. The van der Waals surface area contributed by atoms with Crippen LogP contribution in [0.2, 0.25) is 0 Å². The Kier molecular flexibility index (Phi) is 4.97. The first-order valence-electron chi connectivity index (χ1n) is 7.53. The van der Waals surface area contributed by atoms with E-state index in [1.807, 2.05) is 0 Å². The van der Waals surface area contributed by atoms with E-state index in [2.05, 4.69) is 0 Å². The van der Waals surface area contributed by atoms with Gasteiger partial charge in [0.05, 0.1) is 11.1 Å². The van der Waals surface area contributed by atoms with Gasteiger partial charge in [0, 0.05) is 13.1 Å². The molecule has 0 saturated carbocycles. The van der Waals surface area contributed by atoms with Crippen molar-refractivity contribution in [3.63, 3.8) is 0 Å². The van der Waals surface area contributed by atoms with Crippen molar-refractivity contribution in [2.24, 2.45) is 18.4 Å². The molecule has 0 saturated heterocycles. The van der Waals surface area contributed by atoms with Crippen molar-refractivity contribution in [3.05, 3.63) is 50.8 Å². The first-order valence-corrected chi connectivity index (χ1v) is 7.96. The molecule has 0 fully saturated rings. The number of alkyl halides is 4. The van der Waals surface area contributed by atoms with Gasteiger partial charge in [-0.3, -0.25) is 14.2 Å². The van der Waals surface area contributed by atoms with Gasteiger partial charge in [-0.1, -0.05) is 19.9 Å². The molecule has 1 heterocycles. The van der Waals surface area contributed by atoms with E-state index in [-0.39, 0.29) is 5.70 Å². The topological polar surface area (TPSA) is 81.3 Å². The lowest BCUT2D eigenvalue weighted by molar-refractivity contribution is -0.148. The van der Waals surface area contributed by atoms with E-state index in [0.29, 0.717) is 15.2 Å². The number of halogens is 4. The van der Waals surface area contributed by atoms with E-state index in [4.69, 9.17) is 11.6 Å². The fourth-order valence-electron chi connectivity index (χ4n) is 2.90. The van der Waals surface area contributed by atoms with Crippen LogP contribution in [0.5, 0.6) is 0 Å². The molecule has 0 radical (unpaired) electrons. The molecule has 0 aromatic carbocycles. The van der Waals surface area contributed by atoms with Crippen LogP contribution in [-0.4, -0.2) is 25.6 Å². The molecule has 2 atom stereocenters. The molecule has 10 heteroatoms. The van der Waals surface area contributed by atoms with Crippen molar-refractivity contribution in [2.75, 3.05) is 0 Å². The van der Waals surface area contributed by atoms with Gasteiger partial charge in [0.25, 0.3) is 5.56 Å². The van der Waals surface area contributed by atoms with Crippen LogP contribution in [-0.2, 0) is 18.0 Å². The van der Waals surface area contributed by atoms with Gasteiger partial charge in [0.15, 0.2) is 0 Å². The van der Waals surface area contributed by atoms with Crippen LogP contribution >= 0.6 is 11.6 Å². The number of carboxylic acids is 1. The maximum Gasteiger partial charge on any atom is 0.431 e. The third-order valence-electron chi connectivity index (χ3n) is 4.47. The van der Waals surface area contributed by atoms with Crippen molar-refractivity contribution < 1.29 is 23.1 Å². The normalized spacial score (nSPS) is 23.2. The third-order valence-corrected chi connectivity index (χ3v) is 4.98. The van der Waals surface area contributed by atoms with E-state index in [9.17, 15) is 32.7 Å². The number of nitrogens with zero attached hydrogens (tertiary/aromatic N) is 2. The fourth-order valence-corrected chi connectivity index (χ4v) is 3.38. The van der Waals surface area contributed by atoms with Crippen LogP contribution < -0.4 is 11.2 Å². The predicted molar refractivity (Wildman–Crippen MR) is 88.9 cm³/mol. The van der Waals surface area contributed by atoms with E-state index >= 15 is 0 Å². The highest BCUT2D eigenvalue weighted by Gasteiger charge is 2.47. The van der Waals surface area contributed by atoms with Gasteiger partial charge in [-0.25, -0.2) is 9.36 Å². The van der Waals surface area contributed by atoms with Gasteiger partial charge in [-0.05, 0) is 18.1 Å². The van der Waals surface area contributed by atoms with Gasteiger partial charge in [-0.15, -0.1) is 11.6 Å². The number of carboxylic acid groups (broad SMARTS) is 1. The SMILES string of the molecule is CC(C)C1(C(=O)O)C=C(n2c(=O)cc(C(F)(F)F)n(C)c2=O)C=CC1Cl. The summed E-state index contributed by atoms with van der Waals surface area (Å²) < 4.78 is 39.6. The summed E-state index contributed by atoms with van der Waals surface area (Å²) in [7, 11) is 0.880. The highest BCUT2D eigenvalue weighted by molar-refractivity contribution is 6.24. The Labute approximate surface area is 150 Å². The number of allylic oxidation sites excluding steroid dienone is 3. The Morgan fingerprint density at radius 2 is 1.92 bits per heavy atom. The minimum atomic E-state index is -4.88. The zero-order valence-corrected chi connectivity index (χ0v) is 14.8. The number of aliphatic carboxylic acids is 1. The van der Waals surface area contributed by atoms with Crippen LogP contribution in [0.3, 0.4) is 0 Å². The molecule has 1 N–H and O–H groups in total. The van der Waals surface area contributed by atoms with Crippen LogP contribution in [0, 0.1) is 11.3 Å². The summed E-state index contributed by atoms with van der Waals surface area (Å²) in [6.45, 7) is 3.20.